The predicted octanol–water partition coefficient (Wildman–Crippen LogP) is 1.50. The van der Waals surface area contributed by atoms with Gasteiger partial charge in [-0.3, -0.25) is 4.98 Å². The van der Waals surface area contributed by atoms with Crippen LogP contribution in [-0.2, 0) is 6.54 Å². The van der Waals surface area contributed by atoms with Crippen molar-refractivity contribution in [1.29, 1.82) is 0 Å². The van der Waals surface area contributed by atoms with Crippen LogP contribution in [0, 0.1) is 6.92 Å². The zero-order valence-electron chi connectivity index (χ0n) is 5.76. The SMILES string of the molecule is Cc1ccc(Cl)c(CN)n1. The van der Waals surface area contributed by atoms with Crippen LogP contribution in [0.3, 0.4) is 0 Å². The fraction of sp³-hybridized carbons (Fsp3) is 0.286. The lowest BCUT2D eigenvalue weighted by Crippen LogP contribution is -2.01. The molecule has 0 atom stereocenters. The Kier molecular flexibility index (Phi) is 2.25. The number of nitrogens with two attached hydrogens (primary N) is 1. The highest BCUT2D eigenvalue weighted by molar-refractivity contribution is 6.31. The predicted molar refractivity (Wildman–Crippen MR) is 41.9 cm³/mol. The average molecular weight is 157 g/mol. The van der Waals surface area contributed by atoms with E-state index >= 15 is 0 Å². The summed E-state index contributed by atoms with van der Waals surface area (Å²) < 4.78 is 0. The van der Waals surface area contributed by atoms with Crippen molar-refractivity contribution in [3.05, 3.63) is 28.5 Å². The number of rotatable bonds is 1. The number of hydrogen-bond acceptors (Lipinski definition) is 2. The van der Waals surface area contributed by atoms with E-state index in [1.165, 1.54) is 0 Å². The molecule has 10 heavy (non-hydrogen) atoms. The van der Waals surface area contributed by atoms with E-state index in [0.29, 0.717) is 11.6 Å². The van der Waals surface area contributed by atoms with E-state index in [9.17, 15) is 0 Å². The van der Waals surface area contributed by atoms with Crippen LogP contribution in [0.4, 0.5) is 0 Å². The molecule has 2 N–H and O–H groups in total. The Morgan fingerprint density at radius 2 is 2.30 bits per heavy atom. The maximum atomic E-state index is 5.75. The van der Waals surface area contributed by atoms with E-state index in [0.717, 1.165) is 11.4 Å². The first-order valence-electron chi connectivity index (χ1n) is 3.06. The zero-order valence-corrected chi connectivity index (χ0v) is 6.52. The Morgan fingerprint density at radius 3 is 2.80 bits per heavy atom. The highest BCUT2D eigenvalue weighted by Gasteiger charge is 1.97. The van der Waals surface area contributed by atoms with Gasteiger partial charge in [-0.15, -0.1) is 0 Å². The minimum Gasteiger partial charge on any atom is -0.325 e. The first kappa shape index (κ1) is 7.51. The summed E-state index contributed by atoms with van der Waals surface area (Å²) in [6.07, 6.45) is 0. The van der Waals surface area contributed by atoms with E-state index in [2.05, 4.69) is 4.98 Å². The number of halogens is 1. The summed E-state index contributed by atoms with van der Waals surface area (Å²) in [6, 6.07) is 3.67. The normalized spacial score (nSPS) is 9.90. The van der Waals surface area contributed by atoms with Gasteiger partial charge in [-0.2, -0.15) is 0 Å². The van der Waals surface area contributed by atoms with Gasteiger partial charge in [0, 0.05) is 12.2 Å². The van der Waals surface area contributed by atoms with Gasteiger partial charge in [-0.05, 0) is 19.1 Å². The van der Waals surface area contributed by atoms with Crippen molar-refractivity contribution >= 4 is 11.6 Å². The van der Waals surface area contributed by atoms with Crippen molar-refractivity contribution in [3.8, 4) is 0 Å². The summed E-state index contributed by atoms with van der Waals surface area (Å²) in [4.78, 5) is 4.13. The Bertz CT molecular complexity index is 235. The van der Waals surface area contributed by atoms with Crippen molar-refractivity contribution < 1.29 is 0 Å². The molecule has 0 unspecified atom stereocenters. The third-order valence-electron chi connectivity index (χ3n) is 1.25. The maximum Gasteiger partial charge on any atom is 0.0728 e. The molecule has 0 aliphatic rings. The van der Waals surface area contributed by atoms with Crippen LogP contribution in [-0.4, -0.2) is 4.98 Å². The first-order chi connectivity index (χ1) is 4.74. The standard InChI is InChI=1S/C7H9ClN2/c1-5-2-3-6(8)7(4-9)10-5/h2-3H,4,9H2,1H3. The molecule has 0 radical (unpaired) electrons. The molecule has 0 saturated carbocycles. The third-order valence-corrected chi connectivity index (χ3v) is 1.60. The van der Waals surface area contributed by atoms with Crippen molar-refractivity contribution in [1.82, 2.24) is 4.98 Å². The average Bonchev–Trinajstić information content (AvgIpc) is 1.94. The minimum atomic E-state index is 0.403. The van der Waals surface area contributed by atoms with E-state index < -0.39 is 0 Å². The molecule has 0 aliphatic carbocycles. The molecule has 1 aromatic heterocycles. The highest BCUT2D eigenvalue weighted by Crippen LogP contribution is 2.12. The Balaban J connectivity index is 3.09. The van der Waals surface area contributed by atoms with Crippen LogP contribution < -0.4 is 5.73 Å². The summed E-state index contributed by atoms with van der Waals surface area (Å²) >= 11 is 5.75. The summed E-state index contributed by atoms with van der Waals surface area (Å²) in [5.74, 6) is 0. The van der Waals surface area contributed by atoms with Crippen molar-refractivity contribution in [2.24, 2.45) is 5.73 Å². The summed E-state index contributed by atoms with van der Waals surface area (Å²) in [5, 5.41) is 0.646. The van der Waals surface area contributed by atoms with E-state index in [1.807, 2.05) is 19.1 Å². The number of aromatic nitrogens is 1. The van der Waals surface area contributed by atoms with Crippen LogP contribution in [0.1, 0.15) is 11.4 Å². The van der Waals surface area contributed by atoms with Crippen LogP contribution in [0.25, 0.3) is 0 Å². The van der Waals surface area contributed by atoms with E-state index in [4.69, 9.17) is 17.3 Å². The fourth-order valence-corrected chi connectivity index (χ4v) is 0.919. The number of hydrogen-bond donors (Lipinski definition) is 1. The fourth-order valence-electron chi connectivity index (χ4n) is 0.737. The van der Waals surface area contributed by atoms with Gasteiger partial charge in [0.15, 0.2) is 0 Å². The monoisotopic (exact) mass is 156 g/mol. The van der Waals surface area contributed by atoms with Crippen LogP contribution >= 0.6 is 11.6 Å². The first-order valence-corrected chi connectivity index (χ1v) is 3.44. The second-order valence-electron chi connectivity index (χ2n) is 2.09. The van der Waals surface area contributed by atoms with Gasteiger partial charge in [0.2, 0.25) is 0 Å². The molecule has 1 rings (SSSR count). The van der Waals surface area contributed by atoms with Crippen LogP contribution in [0.2, 0.25) is 5.02 Å². The van der Waals surface area contributed by atoms with Gasteiger partial charge in [0.05, 0.1) is 10.7 Å². The summed E-state index contributed by atoms with van der Waals surface area (Å²) in [6.45, 7) is 2.32. The van der Waals surface area contributed by atoms with Crippen LogP contribution in [0.5, 0.6) is 0 Å². The largest absolute Gasteiger partial charge is 0.325 e. The number of aryl methyl sites for hydroxylation is 1. The molecule has 0 spiro atoms. The second-order valence-corrected chi connectivity index (χ2v) is 2.49. The molecule has 0 amide bonds. The van der Waals surface area contributed by atoms with Gasteiger partial charge in [0.25, 0.3) is 0 Å². The minimum absolute atomic E-state index is 0.403. The van der Waals surface area contributed by atoms with Gasteiger partial charge >= 0.3 is 0 Å². The lowest BCUT2D eigenvalue weighted by atomic mass is 10.3. The molecule has 0 aliphatic heterocycles. The summed E-state index contributed by atoms with van der Waals surface area (Å²) in [5.41, 5.74) is 7.09. The van der Waals surface area contributed by atoms with Gasteiger partial charge in [0.1, 0.15) is 0 Å². The Morgan fingerprint density at radius 1 is 1.60 bits per heavy atom. The molecule has 54 valence electrons. The molecular weight excluding hydrogens is 148 g/mol. The molecular formula is C7H9ClN2. The van der Waals surface area contributed by atoms with Crippen molar-refractivity contribution in [2.75, 3.05) is 0 Å². The number of pyridine rings is 1. The molecule has 3 heteroatoms. The quantitative estimate of drug-likeness (QED) is 0.670. The number of nitrogens with zero attached hydrogens (tertiary/aromatic N) is 1. The van der Waals surface area contributed by atoms with Gasteiger partial charge < -0.3 is 5.73 Å². The second kappa shape index (κ2) is 2.99. The lowest BCUT2D eigenvalue weighted by Gasteiger charge is -1.99. The van der Waals surface area contributed by atoms with Crippen molar-refractivity contribution in [2.45, 2.75) is 13.5 Å². The molecule has 0 saturated heterocycles. The maximum absolute atomic E-state index is 5.75. The highest BCUT2D eigenvalue weighted by atomic mass is 35.5. The Hall–Kier alpha value is -0.600. The lowest BCUT2D eigenvalue weighted by molar-refractivity contribution is 0.970. The summed E-state index contributed by atoms with van der Waals surface area (Å²) in [7, 11) is 0. The molecule has 1 heterocycles. The molecule has 0 bridgehead atoms. The molecule has 2 nitrogen and oxygen atoms in total. The smallest absolute Gasteiger partial charge is 0.0728 e. The van der Waals surface area contributed by atoms with Gasteiger partial charge in [-0.1, -0.05) is 11.6 Å². The molecule has 1 aromatic rings. The Labute approximate surface area is 65.0 Å². The topological polar surface area (TPSA) is 38.9 Å². The zero-order chi connectivity index (χ0) is 7.56. The third kappa shape index (κ3) is 1.46. The molecule has 0 aromatic carbocycles. The molecule has 0 fully saturated rings. The van der Waals surface area contributed by atoms with Crippen LogP contribution in [0.15, 0.2) is 12.1 Å². The van der Waals surface area contributed by atoms with Crippen molar-refractivity contribution in [3.63, 3.8) is 0 Å². The van der Waals surface area contributed by atoms with E-state index in [1.54, 1.807) is 0 Å². The van der Waals surface area contributed by atoms with Gasteiger partial charge in [-0.25, -0.2) is 0 Å². The van der Waals surface area contributed by atoms with E-state index in [-0.39, 0.29) is 0 Å².